The van der Waals surface area contributed by atoms with E-state index >= 15 is 0 Å². The van der Waals surface area contributed by atoms with Crippen molar-refractivity contribution in [1.29, 1.82) is 10.8 Å². The number of nitrogens with one attached hydrogen (secondary N) is 2. The van der Waals surface area contributed by atoms with Crippen molar-refractivity contribution in [2.75, 3.05) is 0 Å². The molecule has 0 aliphatic heterocycles. The van der Waals surface area contributed by atoms with Crippen molar-refractivity contribution < 1.29 is 0 Å². The van der Waals surface area contributed by atoms with Crippen molar-refractivity contribution >= 4 is 22.7 Å². The molecule has 0 fully saturated rings. The van der Waals surface area contributed by atoms with Crippen LogP contribution in [0, 0.1) is 10.8 Å². The molecule has 2 heterocycles. The van der Waals surface area contributed by atoms with Crippen LogP contribution in [-0.2, 0) is 0 Å². The molecule has 31 heavy (non-hydrogen) atoms. The van der Waals surface area contributed by atoms with E-state index in [2.05, 4.69) is 0 Å². The smallest absolute Gasteiger partial charge is 0.281 e. The Morgan fingerprint density at radius 2 is 1.52 bits per heavy atom. The first-order chi connectivity index (χ1) is 14.8. The van der Waals surface area contributed by atoms with Crippen LogP contribution in [0.3, 0.4) is 0 Å². The topological polar surface area (TPSA) is 140 Å². The van der Waals surface area contributed by atoms with Gasteiger partial charge in [0.15, 0.2) is 0 Å². The minimum absolute atomic E-state index is 0.0455. The maximum Gasteiger partial charge on any atom is 0.281 e. The number of amidine groups is 2. The first-order valence-corrected chi connectivity index (χ1v) is 9.81. The molecule has 8 heteroatoms. The molecule has 0 unspecified atom stereocenters. The number of rotatable bonds is 5. The Balaban J connectivity index is 2.03. The van der Waals surface area contributed by atoms with Gasteiger partial charge in [0.1, 0.15) is 23.0 Å². The number of hydrogen-bond donors (Lipinski definition) is 4. The van der Waals surface area contributed by atoms with Gasteiger partial charge >= 0.3 is 0 Å². The van der Waals surface area contributed by atoms with Gasteiger partial charge in [-0.05, 0) is 30.3 Å². The molecule has 2 aromatic carbocycles. The van der Waals surface area contributed by atoms with Crippen LogP contribution in [0.1, 0.15) is 36.7 Å². The zero-order chi connectivity index (χ0) is 22.3. The lowest BCUT2D eigenvalue weighted by Gasteiger charge is -2.13. The molecule has 0 amide bonds. The summed E-state index contributed by atoms with van der Waals surface area (Å²) < 4.78 is 3.35. The number of fused-ring (bicyclic) bond motifs is 1. The van der Waals surface area contributed by atoms with Gasteiger partial charge in [0.25, 0.3) is 5.56 Å². The monoisotopic (exact) mass is 413 g/mol. The minimum atomic E-state index is -0.245. The third kappa shape index (κ3) is 3.48. The summed E-state index contributed by atoms with van der Waals surface area (Å²) in [6.07, 6.45) is 1.68. The number of benzene rings is 2. The normalized spacial score (nSPS) is 11.2. The molecule has 0 saturated carbocycles. The fourth-order valence-corrected chi connectivity index (χ4v) is 3.59. The van der Waals surface area contributed by atoms with Gasteiger partial charge in [0, 0.05) is 34.6 Å². The second-order valence-electron chi connectivity index (χ2n) is 7.61. The van der Waals surface area contributed by atoms with Gasteiger partial charge in [-0.3, -0.25) is 24.7 Å². The first-order valence-electron chi connectivity index (χ1n) is 9.81. The van der Waals surface area contributed by atoms with Crippen molar-refractivity contribution in [3.8, 4) is 11.4 Å². The zero-order valence-corrected chi connectivity index (χ0v) is 17.3. The third-order valence-corrected chi connectivity index (χ3v) is 5.10. The number of imidazole rings is 1. The second-order valence-corrected chi connectivity index (χ2v) is 7.61. The Morgan fingerprint density at radius 3 is 2.10 bits per heavy atom. The summed E-state index contributed by atoms with van der Waals surface area (Å²) in [6.45, 7) is 4.03. The van der Waals surface area contributed by atoms with Gasteiger partial charge in [0.2, 0.25) is 0 Å². The predicted octanol–water partition coefficient (Wildman–Crippen LogP) is 2.87. The van der Waals surface area contributed by atoms with Crippen LogP contribution in [0.25, 0.3) is 22.4 Å². The van der Waals surface area contributed by atoms with E-state index in [1.807, 2.05) is 24.5 Å². The van der Waals surface area contributed by atoms with E-state index < -0.39 is 0 Å². The minimum Gasteiger partial charge on any atom is -0.384 e. The molecule has 6 N–H and O–H groups in total. The van der Waals surface area contributed by atoms with E-state index in [0.29, 0.717) is 33.5 Å². The van der Waals surface area contributed by atoms with Gasteiger partial charge in [-0.1, -0.05) is 38.1 Å². The lowest BCUT2D eigenvalue weighted by Crippen LogP contribution is -2.21. The number of nitrogens with two attached hydrogens (primary N) is 2. The maximum atomic E-state index is 13.6. The summed E-state index contributed by atoms with van der Waals surface area (Å²) in [5.74, 6) is 0.685. The predicted molar refractivity (Wildman–Crippen MR) is 123 cm³/mol. The lowest BCUT2D eigenvalue weighted by molar-refractivity contribution is 0.758. The van der Waals surface area contributed by atoms with E-state index in [0.717, 1.165) is 5.82 Å². The van der Waals surface area contributed by atoms with Crippen molar-refractivity contribution in [2.24, 2.45) is 11.5 Å². The van der Waals surface area contributed by atoms with Gasteiger partial charge in [-0.2, -0.15) is 0 Å². The first kappa shape index (κ1) is 20.1. The summed E-state index contributed by atoms with van der Waals surface area (Å²) in [5.41, 5.74) is 14.5. The Morgan fingerprint density at radius 1 is 0.935 bits per heavy atom. The molecule has 2 aromatic heterocycles. The highest BCUT2D eigenvalue weighted by Gasteiger charge is 2.20. The van der Waals surface area contributed by atoms with Crippen molar-refractivity contribution in [1.82, 2.24) is 14.1 Å². The molecule has 4 rings (SSSR count). The molecular formula is C23H23N7O. The molecule has 0 atom stereocenters. The van der Waals surface area contributed by atoms with Crippen molar-refractivity contribution in [3.63, 3.8) is 0 Å². The molecule has 4 aromatic rings. The number of nitrogens with zero attached hydrogens (tertiary/aromatic N) is 3. The van der Waals surface area contributed by atoms with Crippen LogP contribution in [0.15, 0.2) is 65.6 Å². The molecule has 0 saturated heterocycles. The van der Waals surface area contributed by atoms with E-state index in [4.69, 9.17) is 27.3 Å². The Kier molecular flexibility index (Phi) is 4.90. The highest BCUT2D eigenvalue weighted by atomic mass is 16.1. The van der Waals surface area contributed by atoms with Gasteiger partial charge in [-0.25, -0.2) is 4.98 Å². The number of nitrogen functional groups attached to an aromatic ring is 2. The van der Waals surface area contributed by atoms with E-state index in [1.54, 1.807) is 54.7 Å². The molecule has 0 radical (unpaired) electrons. The van der Waals surface area contributed by atoms with Crippen molar-refractivity contribution in [3.05, 3.63) is 88.1 Å². The third-order valence-electron chi connectivity index (χ3n) is 5.10. The fourth-order valence-electron chi connectivity index (χ4n) is 3.59. The molecule has 0 spiro atoms. The molecule has 156 valence electrons. The lowest BCUT2D eigenvalue weighted by atomic mass is 10.1. The highest BCUT2D eigenvalue weighted by Crippen LogP contribution is 2.25. The number of aromatic nitrogens is 3. The van der Waals surface area contributed by atoms with Crippen molar-refractivity contribution in [2.45, 2.75) is 19.8 Å². The Hall–Kier alpha value is -4.20. The molecule has 0 aliphatic rings. The quantitative estimate of drug-likeness (QED) is 0.295. The van der Waals surface area contributed by atoms with E-state index in [-0.39, 0.29) is 23.1 Å². The average Bonchev–Trinajstić information content (AvgIpc) is 3.15. The Labute approximate surface area is 178 Å². The summed E-state index contributed by atoms with van der Waals surface area (Å²) >= 11 is 0. The van der Waals surface area contributed by atoms with Gasteiger partial charge in [-0.15, -0.1) is 0 Å². The summed E-state index contributed by atoms with van der Waals surface area (Å²) in [4.78, 5) is 18.3. The van der Waals surface area contributed by atoms with Crippen LogP contribution in [0.4, 0.5) is 0 Å². The second kappa shape index (κ2) is 7.56. The van der Waals surface area contributed by atoms with Gasteiger partial charge < -0.3 is 11.5 Å². The van der Waals surface area contributed by atoms with Gasteiger partial charge in [0.05, 0.1) is 5.52 Å². The average molecular weight is 413 g/mol. The van der Waals surface area contributed by atoms with E-state index in [1.165, 1.54) is 4.57 Å². The molecular weight excluding hydrogens is 390 g/mol. The SMILES string of the molecule is CC(C)c1nc2ccn(-c3cccc(C(=N)N)c3)c(=O)c2n1-c1cccc(C(=N)N)c1. The standard InChI is InChI=1S/C23H23N7O/c1-13(2)22-28-18-9-10-29(16-7-3-5-14(11-16)20(24)25)23(31)19(18)30(22)17-8-4-6-15(12-17)21(26)27/h3-13H,1-2H3,(H3,24,25)(H3,26,27). The molecule has 0 aliphatic carbocycles. The van der Waals surface area contributed by atoms with E-state index in [9.17, 15) is 4.79 Å². The van der Waals surface area contributed by atoms with Crippen LogP contribution in [-0.4, -0.2) is 25.8 Å². The van der Waals surface area contributed by atoms with Crippen LogP contribution in [0.5, 0.6) is 0 Å². The maximum absolute atomic E-state index is 13.6. The molecule has 8 nitrogen and oxygen atoms in total. The van der Waals surface area contributed by atoms with Crippen LogP contribution in [0.2, 0.25) is 0 Å². The van der Waals surface area contributed by atoms with Crippen LogP contribution >= 0.6 is 0 Å². The zero-order valence-electron chi connectivity index (χ0n) is 17.3. The summed E-state index contributed by atoms with van der Waals surface area (Å²) in [5, 5.41) is 15.4. The summed E-state index contributed by atoms with van der Waals surface area (Å²) in [6, 6.07) is 16.0. The molecule has 0 bridgehead atoms. The largest absolute Gasteiger partial charge is 0.384 e. The van der Waals surface area contributed by atoms with Crippen LogP contribution < -0.4 is 17.0 Å². The Bertz CT molecular complexity index is 1390. The summed E-state index contributed by atoms with van der Waals surface area (Å²) in [7, 11) is 0. The number of pyridine rings is 1. The highest BCUT2D eigenvalue weighted by molar-refractivity contribution is 5.96. The fraction of sp³-hybridized carbons (Fsp3) is 0.130. The number of hydrogen-bond acceptors (Lipinski definition) is 4.